The van der Waals surface area contributed by atoms with E-state index < -0.39 is 0 Å². The van der Waals surface area contributed by atoms with Crippen LogP contribution in [0.3, 0.4) is 0 Å². The van der Waals surface area contributed by atoms with Gasteiger partial charge in [-0.3, -0.25) is 13.9 Å². The number of aromatic nitrogens is 2. The van der Waals surface area contributed by atoms with Crippen molar-refractivity contribution in [1.29, 1.82) is 0 Å². The lowest BCUT2D eigenvalue weighted by Gasteiger charge is -2.02. The third kappa shape index (κ3) is 3.22. The maximum absolute atomic E-state index is 11.9. The van der Waals surface area contributed by atoms with E-state index in [4.69, 9.17) is 0 Å². The molecule has 0 N–H and O–H groups in total. The third-order valence-corrected chi connectivity index (χ3v) is 3.16. The molecule has 0 atom stereocenters. The molecule has 2 rings (SSSR count). The van der Waals surface area contributed by atoms with Crippen molar-refractivity contribution in [3.8, 4) is 0 Å². The lowest BCUT2D eigenvalue weighted by Crippen LogP contribution is -2.23. The van der Waals surface area contributed by atoms with Crippen molar-refractivity contribution in [3.05, 3.63) is 58.8 Å². The van der Waals surface area contributed by atoms with Crippen LogP contribution >= 0.6 is 0 Å². The van der Waals surface area contributed by atoms with Gasteiger partial charge in [0.2, 0.25) is 0 Å². The lowest BCUT2D eigenvalue weighted by molar-refractivity contribution is 0.0978. The molecule has 1 heterocycles. The van der Waals surface area contributed by atoms with Crippen molar-refractivity contribution >= 4 is 5.78 Å². The molecule has 0 fully saturated rings. The van der Waals surface area contributed by atoms with Crippen molar-refractivity contribution in [2.24, 2.45) is 0 Å². The van der Waals surface area contributed by atoms with E-state index in [1.807, 2.05) is 37.3 Å². The molecule has 0 bridgehead atoms. The van der Waals surface area contributed by atoms with Gasteiger partial charge in [0.1, 0.15) is 0 Å². The van der Waals surface area contributed by atoms with Crippen LogP contribution < -0.4 is 5.69 Å². The number of benzene rings is 1. The van der Waals surface area contributed by atoms with Crippen LogP contribution in [-0.2, 0) is 13.1 Å². The van der Waals surface area contributed by atoms with Crippen LogP contribution in [0.15, 0.2) is 47.5 Å². The molecule has 0 aliphatic rings. The fourth-order valence-electron chi connectivity index (χ4n) is 2.04. The van der Waals surface area contributed by atoms with E-state index in [2.05, 4.69) is 0 Å². The zero-order valence-electron chi connectivity index (χ0n) is 11.1. The third-order valence-electron chi connectivity index (χ3n) is 3.16. The van der Waals surface area contributed by atoms with Gasteiger partial charge in [0.15, 0.2) is 5.78 Å². The number of carbonyl (C=O) groups excluding carboxylic acids is 1. The summed E-state index contributed by atoms with van der Waals surface area (Å²) in [6, 6.07) is 9.26. The number of nitrogens with zero attached hydrogens (tertiary/aromatic N) is 2. The highest BCUT2D eigenvalue weighted by Gasteiger charge is 2.06. The van der Waals surface area contributed by atoms with E-state index in [9.17, 15) is 9.59 Å². The Labute approximate surface area is 112 Å². The van der Waals surface area contributed by atoms with Gasteiger partial charge in [0.25, 0.3) is 0 Å². The van der Waals surface area contributed by atoms with E-state index in [0.717, 1.165) is 5.56 Å². The first-order chi connectivity index (χ1) is 9.22. The van der Waals surface area contributed by atoms with E-state index in [-0.39, 0.29) is 11.5 Å². The first-order valence-corrected chi connectivity index (χ1v) is 6.56. The molecular weight excluding hydrogens is 240 g/mol. The zero-order valence-corrected chi connectivity index (χ0v) is 11.1. The number of Topliss-reactive ketones (excluding diaryl/α,β-unsaturated/α-hetero) is 1. The van der Waals surface area contributed by atoms with Crippen LogP contribution in [0.2, 0.25) is 0 Å². The van der Waals surface area contributed by atoms with Gasteiger partial charge in [-0.05, 0) is 13.3 Å². The molecule has 4 heteroatoms. The smallest absolute Gasteiger partial charge is 0.300 e. The Morgan fingerprint density at radius 3 is 2.42 bits per heavy atom. The Morgan fingerprint density at radius 1 is 1.11 bits per heavy atom. The van der Waals surface area contributed by atoms with Gasteiger partial charge >= 0.3 is 5.69 Å². The largest absolute Gasteiger partial charge is 0.328 e. The highest BCUT2D eigenvalue weighted by Crippen LogP contribution is 2.05. The van der Waals surface area contributed by atoms with Gasteiger partial charge < -0.3 is 0 Å². The number of imidazole rings is 1. The summed E-state index contributed by atoms with van der Waals surface area (Å²) in [7, 11) is 0. The van der Waals surface area contributed by atoms with Crippen molar-refractivity contribution < 1.29 is 4.79 Å². The monoisotopic (exact) mass is 258 g/mol. The normalized spacial score (nSPS) is 10.6. The highest BCUT2D eigenvalue weighted by molar-refractivity contribution is 5.95. The van der Waals surface area contributed by atoms with E-state index in [1.54, 1.807) is 21.5 Å². The fraction of sp³-hybridized carbons (Fsp3) is 0.333. The Morgan fingerprint density at radius 2 is 1.79 bits per heavy atom. The van der Waals surface area contributed by atoms with Crippen LogP contribution in [0.4, 0.5) is 0 Å². The van der Waals surface area contributed by atoms with Gasteiger partial charge in [0, 0.05) is 37.5 Å². The molecule has 100 valence electrons. The summed E-state index contributed by atoms with van der Waals surface area (Å²) in [5, 5.41) is 0. The molecule has 0 saturated carbocycles. The first-order valence-electron chi connectivity index (χ1n) is 6.56. The highest BCUT2D eigenvalue weighted by atomic mass is 16.1. The Bertz CT molecular complexity index is 596. The summed E-state index contributed by atoms with van der Waals surface area (Å²) < 4.78 is 3.31. The van der Waals surface area contributed by atoms with Crippen LogP contribution in [-0.4, -0.2) is 14.9 Å². The molecule has 1 aromatic carbocycles. The van der Waals surface area contributed by atoms with Gasteiger partial charge in [-0.2, -0.15) is 0 Å². The van der Waals surface area contributed by atoms with Crippen LogP contribution in [0.5, 0.6) is 0 Å². The molecule has 0 saturated heterocycles. The Balaban J connectivity index is 1.88. The van der Waals surface area contributed by atoms with E-state index >= 15 is 0 Å². The predicted molar refractivity (Wildman–Crippen MR) is 74.4 cm³/mol. The Hall–Kier alpha value is -2.10. The fourth-order valence-corrected chi connectivity index (χ4v) is 2.04. The molecule has 19 heavy (non-hydrogen) atoms. The quantitative estimate of drug-likeness (QED) is 0.746. The molecule has 0 spiro atoms. The Kier molecular flexibility index (Phi) is 4.34. The SMILES string of the molecule is CCn1ccn(CCCC(=O)c2ccccc2)c1=O. The van der Waals surface area contributed by atoms with Crippen molar-refractivity contribution in [3.63, 3.8) is 0 Å². The van der Waals surface area contributed by atoms with Crippen LogP contribution in [0, 0.1) is 0 Å². The van der Waals surface area contributed by atoms with E-state index in [1.165, 1.54) is 0 Å². The molecule has 4 nitrogen and oxygen atoms in total. The molecule has 0 aliphatic carbocycles. The maximum Gasteiger partial charge on any atom is 0.328 e. The predicted octanol–water partition coefficient (Wildman–Crippen LogP) is 2.33. The average Bonchev–Trinajstić information content (AvgIpc) is 2.80. The van der Waals surface area contributed by atoms with Crippen molar-refractivity contribution in [1.82, 2.24) is 9.13 Å². The number of aryl methyl sites for hydroxylation is 2. The van der Waals surface area contributed by atoms with Crippen molar-refractivity contribution in [2.45, 2.75) is 32.9 Å². The minimum absolute atomic E-state index is 0.00494. The second-order valence-corrected chi connectivity index (χ2v) is 4.45. The molecule has 0 aliphatic heterocycles. The van der Waals surface area contributed by atoms with Crippen LogP contribution in [0.25, 0.3) is 0 Å². The summed E-state index contributed by atoms with van der Waals surface area (Å²) in [5.41, 5.74) is 0.732. The maximum atomic E-state index is 11.9. The summed E-state index contributed by atoms with van der Waals surface area (Å²) in [6.45, 7) is 3.20. The number of ketones is 1. The summed E-state index contributed by atoms with van der Waals surface area (Å²) in [5.74, 6) is 0.128. The first kappa shape index (κ1) is 13.3. The molecule has 0 amide bonds. The standard InChI is InChI=1S/C15H18N2O2/c1-2-16-11-12-17(15(16)19)10-6-9-14(18)13-7-4-3-5-8-13/h3-5,7-8,11-12H,2,6,9-10H2,1H3. The number of carbonyl (C=O) groups is 1. The second kappa shape index (κ2) is 6.18. The minimum Gasteiger partial charge on any atom is -0.300 e. The number of hydrogen-bond acceptors (Lipinski definition) is 2. The molecule has 2 aromatic rings. The molecule has 0 unspecified atom stereocenters. The number of hydrogen-bond donors (Lipinski definition) is 0. The van der Waals surface area contributed by atoms with E-state index in [0.29, 0.717) is 25.9 Å². The zero-order chi connectivity index (χ0) is 13.7. The minimum atomic E-state index is -0.00494. The molecular formula is C15H18N2O2. The average molecular weight is 258 g/mol. The molecule has 1 aromatic heterocycles. The van der Waals surface area contributed by atoms with Gasteiger partial charge in [-0.15, -0.1) is 0 Å². The van der Waals surface area contributed by atoms with Crippen LogP contribution in [0.1, 0.15) is 30.1 Å². The summed E-state index contributed by atoms with van der Waals surface area (Å²) >= 11 is 0. The summed E-state index contributed by atoms with van der Waals surface area (Å²) in [4.78, 5) is 23.7. The van der Waals surface area contributed by atoms with Crippen molar-refractivity contribution in [2.75, 3.05) is 0 Å². The van der Waals surface area contributed by atoms with Gasteiger partial charge in [-0.1, -0.05) is 30.3 Å². The van der Waals surface area contributed by atoms with Gasteiger partial charge in [-0.25, -0.2) is 4.79 Å². The summed E-state index contributed by atoms with van der Waals surface area (Å²) in [6.07, 6.45) is 4.70. The number of rotatable bonds is 6. The van der Waals surface area contributed by atoms with Gasteiger partial charge in [0.05, 0.1) is 0 Å². The lowest BCUT2D eigenvalue weighted by atomic mass is 10.1. The topological polar surface area (TPSA) is 44.0 Å². The second-order valence-electron chi connectivity index (χ2n) is 4.45. The molecule has 0 radical (unpaired) electrons.